The lowest BCUT2D eigenvalue weighted by Gasteiger charge is -2.32. The maximum atomic E-state index is 13.5. The van der Waals surface area contributed by atoms with Crippen LogP contribution in [0.25, 0.3) is 10.9 Å². The molecule has 0 aliphatic carbocycles. The summed E-state index contributed by atoms with van der Waals surface area (Å²) < 4.78 is 29.1. The van der Waals surface area contributed by atoms with E-state index in [1.165, 1.54) is 3.97 Å². The molecule has 29 heavy (non-hydrogen) atoms. The molecule has 0 atom stereocenters. The Bertz CT molecular complexity index is 1180. The zero-order valence-electron chi connectivity index (χ0n) is 16.3. The van der Waals surface area contributed by atoms with Gasteiger partial charge in [-0.3, -0.25) is 4.79 Å². The molecule has 1 saturated heterocycles. The standard InChI is InChI=1S/C21H22BrN3O3S/c1-15-3-8-19-16(13-15)14-20(21(26)24-11-9-23(2)10-12-24)25(19)29(27,28)18-6-4-17(22)5-7-18/h3-8,13-14H,9-12H2,1-2H3. The van der Waals surface area contributed by atoms with Gasteiger partial charge in [0.05, 0.1) is 10.4 Å². The van der Waals surface area contributed by atoms with Gasteiger partial charge in [-0.05, 0) is 56.4 Å². The highest BCUT2D eigenvalue weighted by molar-refractivity contribution is 9.10. The summed E-state index contributed by atoms with van der Waals surface area (Å²) in [7, 11) is -1.93. The Morgan fingerprint density at radius 1 is 0.966 bits per heavy atom. The van der Waals surface area contributed by atoms with Crippen molar-refractivity contribution in [2.45, 2.75) is 11.8 Å². The SMILES string of the molecule is Cc1ccc2c(c1)cc(C(=O)N1CCN(C)CC1)n2S(=O)(=O)c1ccc(Br)cc1. The summed E-state index contributed by atoms with van der Waals surface area (Å²) in [6.07, 6.45) is 0. The molecule has 1 amide bonds. The minimum Gasteiger partial charge on any atom is -0.335 e. The molecule has 152 valence electrons. The number of fused-ring (bicyclic) bond motifs is 1. The summed E-state index contributed by atoms with van der Waals surface area (Å²) in [5, 5.41) is 0.739. The first kappa shape index (κ1) is 20.1. The van der Waals surface area contributed by atoms with Gasteiger partial charge in [-0.25, -0.2) is 12.4 Å². The average Bonchev–Trinajstić information content (AvgIpc) is 3.07. The van der Waals surface area contributed by atoms with Gasteiger partial charge in [-0.1, -0.05) is 27.6 Å². The fraction of sp³-hybridized carbons (Fsp3) is 0.286. The van der Waals surface area contributed by atoms with Crippen LogP contribution in [0.1, 0.15) is 16.1 Å². The van der Waals surface area contributed by atoms with Crippen LogP contribution in [0.3, 0.4) is 0 Å². The van der Waals surface area contributed by atoms with Crippen molar-refractivity contribution < 1.29 is 13.2 Å². The monoisotopic (exact) mass is 475 g/mol. The van der Waals surface area contributed by atoms with Crippen molar-refractivity contribution in [1.82, 2.24) is 13.8 Å². The molecular weight excluding hydrogens is 454 g/mol. The first-order chi connectivity index (χ1) is 13.8. The Morgan fingerprint density at radius 3 is 2.28 bits per heavy atom. The number of rotatable bonds is 3. The minimum atomic E-state index is -3.94. The molecule has 3 aromatic rings. The van der Waals surface area contributed by atoms with E-state index in [9.17, 15) is 13.2 Å². The van der Waals surface area contributed by atoms with Gasteiger partial charge in [-0.15, -0.1) is 0 Å². The maximum Gasteiger partial charge on any atom is 0.271 e. The molecule has 2 heterocycles. The van der Waals surface area contributed by atoms with Gasteiger partial charge in [0, 0.05) is 36.0 Å². The van der Waals surface area contributed by atoms with Crippen molar-refractivity contribution in [3.8, 4) is 0 Å². The van der Waals surface area contributed by atoms with Crippen LogP contribution >= 0.6 is 15.9 Å². The Hall–Kier alpha value is -2.16. The number of hydrogen-bond acceptors (Lipinski definition) is 4. The van der Waals surface area contributed by atoms with Crippen LogP contribution in [0, 0.1) is 6.92 Å². The second kappa shape index (κ2) is 7.59. The quantitative estimate of drug-likeness (QED) is 0.582. The minimum absolute atomic E-state index is 0.145. The van der Waals surface area contributed by atoms with Gasteiger partial charge in [-0.2, -0.15) is 0 Å². The van der Waals surface area contributed by atoms with Crippen LogP contribution < -0.4 is 0 Å². The molecule has 0 bridgehead atoms. The summed E-state index contributed by atoms with van der Waals surface area (Å²) in [5.41, 5.74) is 1.70. The third-order valence-electron chi connectivity index (χ3n) is 5.27. The number of halogens is 1. The van der Waals surface area contributed by atoms with Gasteiger partial charge in [0.1, 0.15) is 5.69 Å². The number of aromatic nitrogens is 1. The average molecular weight is 476 g/mol. The summed E-state index contributed by atoms with van der Waals surface area (Å²) in [6, 6.07) is 13.7. The molecular formula is C21H22BrN3O3S. The van der Waals surface area contributed by atoms with Crippen LogP contribution in [-0.4, -0.2) is 61.3 Å². The van der Waals surface area contributed by atoms with E-state index in [2.05, 4.69) is 20.8 Å². The first-order valence-electron chi connectivity index (χ1n) is 9.38. The predicted octanol–water partition coefficient (Wildman–Crippen LogP) is 3.34. The smallest absolute Gasteiger partial charge is 0.271 e. The van der Waals surface area contributed by atoms with Crippen molar-refractivity contribution in [1.29, 1.82) is 0 Å². The number of likely N-dealkylation sites (N-methyl/N-ethyl adjacent to an activating group) is 1. The first-order valence-corrected chi connectivity index (χ1v) is 11.6. The van der Waals surface area contributed by atoms with E-state index in [4.69, 9.17) is 0 Å². The lowest BCUT2D eigenvalue weighted by molar-refractivity contribution is 0.0657. The van der Waals surface area contributed by atoms with Crippen LogP contribution in [0.5, 0.6) is 0 Å². The van der Waals surface area contributed by atoms with Gasteiger partial charge < -0.3 is 9.80 Å². The normalized spacial score (nSPS) is 15.8. The fourth-order valence-electron chi connectivity index (χ4n) is 3.60. The fourth-order valence-corrected chi connectivity index (χ4v) is 5.37. The molecule has 0 saturated carbocycles. The van der Waals surface area contributed by atoms with Crippen molar-refractivity contribution in [2.24, 2.45) is 0 Å². The van der Waals surface area contributed by atoms with Crippen molar-refractivity contribution >= 4 is 42.8 Å². The van der Waals surface area contributed by atoms with E-state index in [1.54, 1.807) is 41.3 Å². The summed E-state index contributed by atoms with van der Waals surface area (Å²) in [6.45, 7) is 4.64. The van der Waals surface area contributed by atoms with Gasteiger partial charge in [0.2, 0.25) is 0 Å². The van der Waals surface area contributed by atoms with E-state index in [-0.39, 0.29) is 16.5 Å². The topological polar surface area (TPSA) is 62.6 Å². The van der Waals surface area contributed by atoms with Crippen molar-refractivity contribution in [3.63, 3.8) is 0 Å². The maximum absolute atomic E-state index is 13.5. The van der Waals surface area contributed by atoms with Crippen LogP contribution in [0.15, 0.2) is 57.9 Å². The van der Waals surface area contributed by atoms with E-state index < -0.39 is 10.0 Å². The third kappa shape index (κ3) is 3.72. The van der Waals surface area contributed by atoms with Gasteiger partial charge in [0.15, 0.2) is 0 Å². The summed E-state index contributed by atoms with van der Waals surface area (Å²) in [4.78, 5) is 17.4. The number of carbonyl (C=O) groups excluding carboxylic acids is 1. The zero-order chi connectivity index (χ0) is 20.8. The third-order valence-corrected chi connectivity index (χ3v) is 7.54. The van der Waals surface area contributed by atoms with Crippen molar-refractivity contribution in [2.75, 3.05) is 33.2 Å². The predicted molar refractivity (Wildman–Crippen MR) is 117 cm³/mol. The highest BCUT2D eigenvalue weighted by Crippen LogP contribution is 2.28. The number of amides is 1. The largest absolute Gasteiger partial charge is 0.335 e. The number of hydrogen-bond donors (Lipinski definition) is 0. The zero-order valence-corrected chi connectivity index (χ0v) is 18.7. The van der Waals surface area contributed by atoms with Gasteiger partial charge in [0.25, 0.3) is 15.9 Å². The summed E-state index contributed by atoms with van der Waals surface area (Å²) in [5.74, 6) is -0.257. The number of piperazine rings is 1. The molecule has 8 heteroatoms. The molecule has 0 N–H and O–H groups in total. The van der Waals surface area contributed by atoms with Crippen LogP contribution in [0.2, 0.25) is 0 Å². The van der Waals surface area contributed by atoms with Gasteiger partial charge >= 0.3 is 0 Å². The Balaban J connectivity index is 1.88. The van der Waals surface area contributed by atoms with E-state index in [0.29, 0.717) is 18.6 Å². The lowest BCUT2D eigenvalue weighted by atomic mass is 10.2. The molecule has 1 aliphatic rings. The Labute approximate surface area is 178 Å². The van der Waals surface area contributed by atoms with Crippen LogP contribution in [0.4, 0.5) is 0 Å². The highest BCUT2D eigenvalue weighted by Gasteiger charge is 2.30. The van der Waals surface area contributed by atoms with E-state index in [1.807, 2.05) is 26.1 Å². The molecule has 0 spiro atoms. The molecule has 0 unspecified atom stereocenters. The molecule has 1 aliphatic heterocycles. The number of aryl methyl sites for hydroxylation is 1. The van der Waals surface area contributed by atoms with E-state index >= 15 is 0 Å². The highest BCUT2D eigenvalue weighted by atomic mass is 79.9. The number of carbonyl (C=O) groups is 1. The molecule has 1 aromatic heterocycles. The molecule has 4 rings (SSSR count). The number of nitrogens with zero attached hydrogens (tertiary/aromatic N) is 3. The second-order valence-corrected chi connectivity index (χ2v) is 10.1. The molecule has 0 radical (unpaired) electrons. The summed E-state index contributed by atoms with van der Waals surface area (Å²) >= 11 is 3.34. The number of benzene rings is 2. The van der Waals surface area contributed by atoms with Crippen molar-refractivity contribution in [3.05, 3.63) is 64.3 Å². The molecule has 1 fully saturated rings. The molecule has 6 nitrogen and oxygen atoms in total. The Morgan fingerprint density at radius 2 is 1.62 bits per heavy atom. The van der Waals surface area contributed by atoms with E-state index in [0.717, 1.165) is 28.5 Å². The van der Waals surface area contributed by atoms with Crippen LogP contribution in [-0.2, 0) is 10.0 Å². The lowest BCUT2D eigenvalue weighted by Crippen LogP contribution is -2.47. The second-order valence-electron chi connectivity index (χ2n) is 7.41. The molecule has 2 aromatic carbocycles. The Kier molecular flexibility index (Phi) is 5.27.